The highest BCUT2D eigenvalue weighted by molar-refractivity contribution is 6.03. The van der Waals surface area contributed by atoms with Crippen LogP contribution in [0.3, 0.4) is 0 Å². The van der Waals surface area contributed by atoms with E-state index in [1.54, 1.807) is 26.0 Å². The molecule has 9 heteroatoms. The van der Waals surface area contributed by atoms with Crippen molar-refractivity contribution >= 4 is 17.6 Å². The van der Waals surface area contributed by atoms with Crippen molar-refractivity contribution in [3.05, 3.63) is 72.1 Å². The second-order valence-electron chi connectivity index (χ2n) is 10.3. The van der Waals surface area contributed by atoms with E-state index in [0.717, 1.165) is 31.7 Å². The molecule has 0 radical (unpaired) electrons. The van der Waals surface area contributed by atoms with Crippen molar-refractivity contribution in [1.29, 1.82) is 0 Å². The van der Waals surface area contributed by atoms with E-state index < -0.39 is 23.5 Å². The monoisotopic (exact) mass is 540 g/mol. The summed E-state index contributed by atoms with van der Waals surface area (Å²) in [6.07, 6.45) is 1.60. The van der Waals surface area contributed by atoms with Crippen LogP contribution in [0, 0.1) is 11.8 Å². The fraction of sp³-hybridized carbons (Fsp3) is 0.367. The standard InChI is InChI=1S/C30H31F3N2O4/c1-18(2)35(28(36)21-6-4-19(3)5-7-21)26-10-9-23(17-24(26)29(37)38)39-27-11-8-22(16-25(27)30(31,32)33)20-12-14-34-15-13-20/h8-19,21H,4-7H2,1-3H3,(H,37,38). The first kappa shape index (κ1) is 28.1. The number of carbonyl (C=O) groups is 2. The Balaban J connectivity index is 1.68. The Morgan fingerprint density at radius 2 is 1.64 bits per heavy atom. The smallest absolute Gasteiger partial charge is 0.420 e. The molecule has 1 aromatic heterocycles. The maximum absolute atomic E-state index is 14.0. The van der Waals surface area contributed by atoms with Gasteiger partial charge in [0.25, 0.3) is 0 Å². The summed E-state index contributed by atoms with van der Waals surface area (Å²) in [7, 11) is 0. The molecule has 39 heavy (non-hydrogen) atoms. The Kier molecular flexibility index (Phi) is 8.28. The molecule has 0 spiro atoms. The number of hydrogen-bond acceptors (Lipinski definition) is 4. The molecule has 6 nitrogen and oxygen atoms in total. The van der Waals surface area contributed by atoms with Gasteiger partial charge in [0.2, 0.25) is 5.91 Å². The van der Waals surface area contributed by atoms with Gasteiger partial charge in [-0.3, -0.25) is 9.78 Å². The number of anilines is 1. The van der Waals surface area contributed by atoms with E-state index in [0.29, 0.717) is 17.0 Å². The lowest BCUT2D eigenvalue weighted by molar-refractivity contribution is -0.138. The van der Waals surface area contributed by atoms with E-state index in [9.17, 15) is 27.9 Å². The Labute approximate surface area is 225 Å². The third-order valence-corrected chi connectivity index (χ3v) is 7.10. The highest BCUT2D eigenvalue weighted by atomic mass is 19.4. The summed E-state index contributed by atoms with van der Waals surface area (Å²) >= 11 is 0. The highest BCUT2D eigenvalue weighted by Crippen LogP contribution is 2.41. The van der Waals surface area contributed by atoms with Gasteiger partial charge in [0.1, 0.15) is 11.5 Å². The van der Waals surface area contributed by atoms with Gasteiger partial charge in [-0.05, 0) is 99.0 Å². The number of nitrogens with zero attached hydrogens (tertiary/aromatic N) is 2. The molecule has 3 aromatic rings. The first-order valence-electron chi connectivity index (χ1n) is 13.0. The van der Waals surface area contributed by atoms with Gasteiger partial charge in [-0.25, -0.2) is 4.79 Å². The van der Waals surface area contributed by atoms with Gasteiger partial charge in [0.15, 0.2) is 0 Å². The molecule has 1 saturated carbocycles. The molecule has 0 bridgehead atoms. The van der Waals surface area contributed by atoms with Gasteiger partial charge in [-0.15, -0.1) is 0 Å². The lowest BCUT2D eigenvalue weighted by Crippen LogP contribution is -2.42. The van der Waals surface area contributed by atoms with Gasteiger partial charge < -0.3 is 14.7 Å². The SMILES string of the molecule is CC1CCC(C(=O)N(c2ccc(Oc3ccc(-c4ccncc4)cc3C(F)(F)F)cc2C(=O)O)C(C)C)CC1. The summed E-state index contributed by atoms with van der Waals surface area (Å²) in [5, 5.41) is 9.98. The van der Waals surface area contributed by atoms with Crippen LogP contribution in [0.1, 0.15) is 62.4 Å². The summed E-state index contributed by atoms with van der Waals surface area (Å²) in [5.74, 6) is -1.64. The number of rotatable bonds is 7. The van der Waals surface area contributed by atoms with Crippen LogP contribution in [-0.4, -0.2) is 28.0 Å². The molecule has 1 fully saturated rings. The Bertz CT molecular complexity index is 1330. The normalized spacial score (nSPS) is 17.6. The van der Waals surface area contributed by atoms with Crippen molar-refractivity contribution < 1.29 is 32.6 Å². The Morgan fingerprint density at radius 3 is 2.23 bits per heavy atom. The van der Waals surface area contributed by atoms with Crippen LogP contribution in [0.25, 0.3) is 11.1 Å². The molecule has 1 amide bonds. The minimum atomic E-state index is -4.72. The van der Waals surface area contributed by atoms with Gasteiger partial charge in [-0.1, -0.05) is 13.0 Å². The maximum atomic E-state index is 14.0. The van der Waals surface area contributed by atoms with E-state index in [2.05, 4.69) is 11.9 Å². The molecule has 1 aliphatic rings. The zero-order chi connectivity index (χ0) is 28.3. The number of amides is 1. The molecule has 0 unspecified atom stereocenters. The third kappa shape index (κ3) is 6.41. The van der Waals surface area contributed by atoms with E-state index in [4.69, 9.17) is 4.74 Å². The Hall–Kier alpha value is -3.88. The minimum absolute atomic E-state index is 0.0824. The van der Waals surface area contributed by atoms with Crippen molar-refractivity contribution in [2.45, 2.75) is 58.7 Å². The fourth-order valence-corrected chi connectivity index (χ4v) is 5.01. The van der Waals surface area contributed by atoms with E-state index in [1.165, 1.54) is 47.6 Å². The number of benzene rings is 2. The summed E-state index contributed by atoms with van der Waals surface area (Å²) < 4.78 is 47.5. The molecule has 0 atom stereocenters. The summed E-state index contributed by atoms with van der Waals surface area (Å²) in [6, 6.07) is 10.6. The van der Waals surface area contributed by atoms with Crippen LogP contribution in [-0.2, 0) is 11.0 Å². The van der Waals surface area contributed by atoms with Gasteiger partial charge in [0, 0.05) is 24.4 Å². The number of halogens is 3. The molecule has 1 heterocycles. The zero-order valence-corrected chi connectivity index (χ0v) is 22.0. The lowest BCUT2D eigenvalue weighted by atomic mass is 9.82. The summed E-state index contributed by atoms with van der Waals surface area (Å²) in [5.41, 5.74) is -0.131. The number of hydrogen-bond donors (Lipinski definition) is 1. The molecule has 0 aliphatic heterocycles. The van der Waals surface area contributed by atoms with E-state index in [1.807, 2.05) is 0 Å². The Morgan fingerprint density at radius 1 is 0.974 bits per heavy atom. The van der Waals surface area contributed by atoms with Crippen molar-refractivity contribution in [2.75, 3.05) is 4.90 Å². The quantitative estimate of drug-likeness (QED) is 0.330. The summed E-state index contributed by atoms with van der Waals surface area (Å²) in [6.45, 7) is 5.76. The number of aromatic carboxylic acids is 1. The third-order valence-electron chi connectivity index (χ3n) is 7.10. The molecule has 4 rings (SSSR count). The lowest BCUT2D eigenvalue weighted by Gasteiger charge is -2.34. The second kappa shape index (κ2) is 11.5. The largest absolute Gasteiger partial charge is 0.478 e. The summed E-state index contributed by atoms with van der Waals surface area (Å²) in [4.78, 5) is 31.1. The van der Waals surface area contributed by atoms with Crippen LogP contribution >= 0.6 is 0 Å². The topological polar surface area (TPSA) is 79.7 Å². The first-order valence-corrected chi connectivity index (χ1v) is 13.0. The van der Waals surface area contributed by atoms with Crippen molar-refractivity contribution in [3.63, 3.8) is 0 Å². The number of carboxylic acid groups (broad SMARTS) is 1. The van der Waals surface area contributed by atoms with Crippen molar-refractivity contribution in [3.8, 4) is 22.6 Å². The number of carbonyl (C=O) groups excluding carboxylic acids is 1. The molecule has 1 aliphatic carbocycles. The predicted molar refractivity (Wildman–Crippen MR) is 142 cm³/mol. The van der Waals surface area contributed by atoms with E-state index >= 15 is 0 Å². The van der Waals surface area contributed by atoms with Crippen molar-refractivity contribution in [2.24, 2.45) is 11.8 Å². The second-order valence-corrected chi connectivity index (χ2v) is 10.3. The number of alkyl halides is 3. The minimum Gasteiger partial charge on any atom is -0.478 e. The van der Waals surface area contributed by atoms with Crippen LogP contribution in [0.5, 0.6) is 11.5 Å². The number of aromatic nitrogens is 1. The molecule has 1 N–H and O–H groups in total. The van der Waals surface area contributed by atoms with Gasteiger partial charge >= 0.3 is 12.1 Å². The molecular formula is C30H31F3N2O4. The number of carboxylic acids is 1. The molecular weight excluding hydrogens is 509 g/mol. The van der Waals surface area contributed by atoms with Gasteiger partial charge in [0.05, 0.1) is 16.8 Å². The molecule has 2 aromatic carbocycles. The van der Waals surface area contributed by atoms with Crippen LogP contribution in [0.4, 0.5) is 18.9 Å². The average Bonchev–Trinajstić information content (AvgIpc) is 2.89. The fourth-order valence-electron chi connectivity index (χ4n) is 5.01. The van der Waals surface area contributed by atoms with Gasteiger partial charge in [-0.2, -0.15) is 13.2 Å². The maximum Gasteiger partial charge on any atom is 0.420 e. The molecule has 0 saturated heterocycles. The predicted octanol–water partition coefficient (Wildman–Crippen LogP) is 7.83. The van der Waals surface area contributed by atoms with Crippen LogP contribution in [0.2, 0.25) is 0 Å². The van der Waals surface area contributed by atoms with Crippen molar-refractivity contribution in [1.82, 2.24) is 4.98 Å². The average molecular weight is 541 g/mol. The number of pyridine rings is 1. The van der Waals surface area contributed by atoms with Crippen LogP contribution < -0.4 is 9.64 Å². The highest BCUT2D eigenvalue weighted by Gasteiger charge is 2.36. The molecule has 206 valence electrons. The van der Waals surface area contributed by atoms with Crippen LogP contribution in [0.15, 0.2) is 60.9 Å². The number of ether oxygens (including phenoxy) is 1. The van der Waals surface area contributed by atoms with E-state index in [-0.39, 0.29) is 34.9 Å². The first-order chi connectivity index (χ1) is 18.5. The zero-order valence-electron chi connectivity index (χ0n) is 22.0.